The van der Waals surface area contributed by atoms with E-state index in [1.807, 2.05) is 54.6 Å². The number of alkyl halides is 2. The summed E-state index contributed by atoms with van der Waals surface area (Å²) in [5, 5.41) is 1.40. The van der Waals surface area contributed by atoms with Crippen molar-refractivity contribution in [2.24, 2.45) is 0 Å². The summed E-state index contributed by atoms with van der Waals surface area (Å²) in [6.45, 7) is 1.24. The topological polar surface area (TPSA) is 18.5 Å². The minimum atomic E-state index is -2.85. The molecule has 4 aromatic carbocycles. The summed E-state index contributed by atoms with van der Waals surface area (Å²) < 4.78 is 49.6. The zero-order chi connectivity index (χ0) is 23.2. The number of fused-ring (bicyclic) bond motifs is 1. The fraction of sp³-hybridized carbons (Fsp3) is 0.143. The van der Waals surface area contributed by atoms with E-state index in [1.54, 1.807) is 18.2 Å². The molecule has 0 N–H and O–H groups in total. The van der Waals surface area contributed by atoms with E-state index in [4.69, 9.17) is 4.74 Å². The second-order valence-electron chi connectivity index (χ2n) is 7.62. The van der Waals surface area contributed by atoms with Gasteiger partial charge in [0.1, 0.15) is 23.9 Å². The number of halogens is 3. The van der Waals surface area contributed by atoms with Crippen LogP contribution in [0.2, 0.25) is 0 Å². The lowest BCUT2D eigenvalue weighted by Crippen LogP contribution is -2.02. The van der Waals surface area contributed by atoms with Crippen LogP contribution in [0.15, 0.2) is 91.5 Å². The van der Waals surface area contributed by atoms with Gasteiger partial charge in [-0.1, -0.05) is 61.2 Å². The van der Waals surface area contributed by atoms with Gasteiger partial charge in [0.2, 0.25) is 0 Å². The van der Waals surface area contributed by atoms with Crippen LogP contribution >= 0.6 is 0 Å². The Morgan fingerprint density at radius 2 is 1.48 bits per heavy atom. The maximum Gasteiger partial charge on any atom is 0.387 e. The van der Waals surface area contributed by atoms with Crippen LogP contribution in [0.4, 0.5) is 13.2 Å². The Labute approximate surface area is 190 Å². The summed E-state index contributed by atoms with van der Waals surface area (Å²) in [7, 11) is 0. The maximum absolute atomic E-state index is 15.2. The quantitative estimate of drug-likeness (QED) is 0.246. The van der Waals surface area contributed by atoms with Crippen molar-refractivity contribution in [1.29, 1.82) is 0 Å². The van der Waals surface area contributed by atoms with Crippen molar-refractivity contribution in [2.75, 3.05) is 6.61 Å². The highest BCUT2D eigenvalue weighted by Gasteiger charge is 2.10. The molecular weight excluding hydrogens is 425 g/mol. The summed E-state index contributed by atoms with van der Waals surface area (Å²) in [5.74, 6) is 0.650. The van der Waals surface area contributed by atoms with Crippen molar-refractivity contribution in [3.63, 3.8) is 0 Å². The molecule has 5 heteroatoms. The van der Waals surface area contributed by atoms with E-state index in [1.165, 1.54) is 12.1 Å². The molecule has 0 aliphatic carbocycles. The van der Waals surface area contributed by atoms with Crippen molar-refractivity contribution in [3.05, 3.63) is 108 Å². The molecule has 4 aromatic rings. The van der Waals surface area contributed by atoms with E-state index in [0.29, 0.717) is 30.4 Å². The zero-order valence-corrected chi connectivity index (χ0v) is 17.9. The SMILES string of the molecule is C=CCOc1ccc(-c2ccc3c(F)c(CCc4ccc(OC(F)F)cc4)ccc3c2)cc1. The summed E-state index contributed by atoms with van der Waals surface area (Å²) in [4.78, 5) is 0. The lowest BCUT2D eigenvalue weighted by Gasteiger charge is -2.10. The zero-order valence-electron chi connectivity index (χ0n) is 17.9. The Balaban J connectivity index is 1.48. The first-order valence-electron chi connectivity index (χ1n) is 10.6. The van der Waals surface area contributed by atoms with E-state index in [9.17, 15) is 8.78 Å². The molecular formula is C28H23F3O2. The second kappa shape index (κ2) is 10.3. The Hall–Kier alpha value is -3.73. The predicted molar refractivity (Wildman–Crippen MR) is 126 cm³/mol. The van der Waals surface area contributed by atoms with Crippen LogP contribution < -0.4 is 9.47 Å². The Bertz CT molecular complexity index is 1230. The molecule has 168 valence electrons. The number of benzene rings is 4. The molecule has 0 atom stereocenters. The normalized spacial score (nSPS) is 11.0. The fourth-order valence-corrected chi connectivity index (χ4v) is 3.72. The lowest BCUT2D eigenvalue weighted by atomic mass is 9.97. The highest BCUT2D eigenvalue weighted by molar-refractivity contribution is 5.88. The fourth-order valence-electron chi connectivity index (χ4n) is 3.72. The lowest BCUT2D eigenvalue weighted by molar-refractivity contribution is -0.0498. The molecule has 4 rings (SSSR count). The van der Waals surface area contributed by atoms with E-state index < -0.39 is 6.61 Å². The van der Waals surface area contributed by atoms with Gasteiger partial charge in [0.15, 0.2) is 0 Å². The highest BCUT2D eigenvalue weighted by atomic mass is 19.3. The smallest absolute Gasteiger partial charge is 0.387 e. The first-order valence-corrected chi connectivity index (χ1v) is 10.6. The maximum atomic E-state index is 15.2. The van der Waals surface area contributed by atoms with Gasteiger partial charge in [-0.2, -0.15) is 8.78 Å². The number of ether oxygens (including phenoxy) is 2. The highest BCUT2D eigenvalue weighted by Crippen LogP contribution is 2.29. The first kappa shape index (κ1) is 22.5. The number of hydrogen-bond acceptors (Lipinski definition) is 2. The van der Waals surface area contributed by atoms with Gasteiger partial charge in [0.25, 0.3) is 0 Å². The van der Waals surface area contributed by atoms with Crippen LogP contribution in [0, 0.1) is 5.82 Å². The van der Waals surface area contributed by atoms with Crippen LogP contribution in [-0.4, -0.2) is 13.2 Å². The van der Waals surface area contributed by atoms with Crippen molar-refractivity contribution < 1.29 is 22.6 Å². The van der Waals surface area contributed by atoms with Gasteiger partial charge in [-0.15, -0.1) is 0 Å². The standard InChI is InChI=1S/C28H23F3O2/c1-2-17-32-24-14-9-20(10-15-24)22-11-16-26-23(18-22)8-7-21(27(26)29)6-3-19-4-12-25(13-5-19)33-28(30)31/h2,4-5,7-16,18,28H,1,3,6,17H2. The molecule has 2 nitrogen and oxygen atoms in total. The van der Waals surface area contributed by atoms with Gasteiger partial charge >= 0.3 is 6.61 Å². The average Bonchev–Trinajstić information content (AvgIpc) is 2.83. The van der Waals surface area contributed by atoms with Crippen molar-refractivity contribution >= 4 is 10.8 Å². The van der Waals surface area contributed by atoms with Crippen LogP contribution in [0.1, 0.15) is 11.1 Å². The minimum absolute atomic E-state index is 0.111. The van der Waals surface area contributed by atoms with Gasteiger partial charge in [-0.25, -0.2) is 4.39 Å². The third-order valence-corrected chi connectivity index (χ3v) is 5.42. The van der Waals surface area contributed by atoms with E-state index in [-0.39, 0.29) is 11.6 Å². The van der Waals surface area contributed by atoms with Crippen LogP contribution in [0.5, 0.6) is 11.5 Å². The molecule has 0 aliphatic rings. The Morgan fingerprint density at radius 3 is 2.18 bits per heavy atom. The number of rotatable bonds is 9. The second-order valence-corrected chi connectivity index (χ2v) is 7.62. The molecule has 0 saturated heterocycles. The van der Waals surface area contributed by atoms with Crippen molar-refractivity contribution in [1.82, 2.24) is 0 Å². The van der Waals surface area contributed by atoms with Crippen LogP contribution in [-0.2, 0) is 12.8 Å². The van der Waals surface area contributed by atoms with Gasteiger partial charge in [0, 0.05) is 5.39 Å². The molecule has 0 radical (unpaired) electrons. The summed E-state index contributed by atoms with van der Waals surface area (Å²) in [6.07, 6.45) is 2.79. The van der Waals surface area contributed by atoms with Crippen molar-refractivity contribution in [2.45, 2.75) is 19.5 Å². The molecule has 0 bridgehead atoms. The molecule has 0 amide bonds. The predicted octanol–water partition coefficient (Wildman–Crippen LogP) is 7.60. The van der Waals surface area contributed by atoms with Gasteiger partial charge < -0.3 is 9.47 Å². The molecule has 0 aromatic heterocycles. The largest absolute Gasteiger partial charge is 0.490 e. The number of hydrogen-bond donors (Lipinski definition) is 0. The molecule has 0 spiro atoms. The summed E-state index contributed by atoms with van der Waals surface area (Å²) in [6, 6.07) is 23.6. The molecule has 0 saturated carbocycles. The van der Waals surface area contributed by atoms with E-state index in [2.05, 4.69) is 11.3 Å². The first-order chi connectivity index (χ1) is 16.0. The monoisotopic (exact) mass is 448 g/mol. The van der Waals surface area contributed by atoms with Gasteiger partial charge in [-0.3, -0.25) is 0 Å². The van der Waals surface area contributed by atoms with Crippen LogP contribution in [0.25, 0.3) is 21.9 Å². The molecule has 0 unspecified atom stereocenters. The summed E-state index contributed by atoms with van der Waals surface area (Å²) in [5.41, 5.74) is 3.56. The van der Waals surface area contributed by atoms with Crippen molar-refractivity contribution in [3.8, 4) is 22.6 Å². The van der Waals surface area contributed by atoms with E-state index in [0.717, 1.165) is 27.8 Å². The van der Waals surface area contributed by atoms with Gasteiger partial charge in [0.05, 0.1) is 0 Å². The van der Waals surface area contributed by atoms with Crippen LogP contribution in [0.3, 0.4) is 0 Å². The van der Waals surface area contributed by atoms with Gasteiger partial charge in [-0.05, 0) is 70.8 Å². The summed E-state index contributed by atoms with van der Waals surface area (Å²) >= 11 is 0. The third kappa shape index (κ3) is 5.55. The van der Waals surface area contributed by atoms with E-state index >= 15 is 4.39 Å². The third-order valence-electron chi connectivity index (χ3n) is 5.42. The molecule has 0 heterocycles. The molecule has 33 heavy (non-hydrogen) atoms. The Kier molecular flexibility index (Phi) is 6.98. The molecule has 0 aliphatic heterocycles. The molecule has 0 fully saturated rings. The average molecular weight is 448 g/mol. The number of aryl methyl sites for hydroxylation is 2. The Morgan fingerprint density at radius 1 is 0.788 bits per heavy atom. The minimum Gasteiger partial charge on any atom is -0.490 e.